The summed E-state index contributed by atoms with van der Waals surface area (Å²) in [7, 11) is 4.12. The third-order valence-corrected chi connectivity index (χ3v) is 3.17. The predicted octanol–water partition coefficient (Wildman–Crippen LogP) is -1.31. The van der Waals surface area contributed by atoms with E-state index in [-0.39, 0.29) is 5.11 Å². The van der Waals surface area contributed by atoms with E-state index in [9.17, 15) is 0 Å². The molecule has 1 rings (SSSR count). The van der Waals surface area contributed by atoms with Crippen molar-refractivity contribution in [3.8, 4) is 0 Å². The second-order valence-electron chi connectivity index (χ2n) is 4.14. The monoisotopic (exact) mass is 262 g/mol. The molecule has 0 atom stereocenters. The van der Waals surface area contributed by atoms with E-state index in [2.05, 4.69) is 24.4 Å². The molecule has 0 unspecified atom stereocenters. The molecule has 92 valence electrons. The third-order valence-electron chi connectivity index (χ3n) is 2.40. The Kier molecular flexibility index (Phi) is 4.81. The Labute approximate surface area is 106 Å². The predicted molar refractivity (Wildman–Crippen MR) is 72.2 cm³/mol. The van der Waals surface area contributed by atoms with Crippen LogP contribution in [0, 0.1) is 5.92 Å². The lowest BCUT2D eigenvalue weighted by Gasteiger charge is -2.43. The summed E-state index contributed by atoms with van der Waals surface area (Å²) in [6.45, 7) is 2.89. The summed E-state index contributed by atoms with van der Waals surface area (Å²) in [5.74, 6) is 11.5. The lowest BCUT2D eigenvalue weighted by molar-refractivity contribution is 0.142. The molecular weight excluding hydrogens is 244 g/mol. The molecule has 0 amide bonds. The van der Waals surface area contributed by atoms with Crippen LogP contribution in [0.5, 0.6) is 0 Å². The van der Waals surface area contributed by atoms with Crippen molar-refractivity contribution in [1.29, 1.82) is 0 Å². The quantitative estimate of drug-likeness (QED) is 0.322. The first-order valence-corrected chi connectivity index (χ1v) is 5.76. The SMILES string of the molecule is CN(C)CC1CN(C(=S)N(N)C(=S)NN)C1. The maximum Gasteiger partial charge on any atom is 0.204 e. The van der Waals surface area contributed by atoms with Gasteiger partial charge in [-0.15, -0.1) is 0 Å². The molecule has 8 heteroatoms. The number of thiocarbonyl (C=S) groups is 2. The minimum atomic E-state index is 0.223. The van der Waals surface area contributed by atoms with E-state index >= 15 is 0 Å². The summed E-state index contributed by atoms with van der Waals surface area (Å²) in [5, 5.41) is 1.95. The maximum absolute atomic E-state index is 5.68. The van der Waals surface area contributed by atoms with Gasteiger partial charge in [-0.25, -0.2) is 16.7 Å². The molecule has 0 spiro atoms. The van der Waals surface area contributed by atoms with Crippen molar-refractivity contribution in [2.24, 2.45) is 17.6 Å². The molecule has 0 aromatic rings. The molecule has 1 aliphatic rings. The standard InChI is InChI=1S/C8H18N6S2/c1-12(2)3-6-4-13(5-6)8(16)14(10)7(15)11-9/h6H,3-5,9-10H2,1-2H3,(H,11,15). The van der Waals surface area contributed by atoms with E-state index in [1.54, 1.807) is 0 Å². The van der Waals surface area contributed by atoms with E-state index in [0.717, 1.165) is 19.6 Å². The Morgan fingerprint density at radius 1 is 1.44 bits per heavy atom. The molecule has 0 bridgehead atoms. The van der Waals surface area contributed by atoms with Crippen LogP contribution in [-0.2, 0) is 0 Å². The van der Waals surface area contributed by atoms with Gasteiger partial charge in [0.05, 0.1) is 0 Å². The first-order chi connectivity index (χ1) is 7.45. The number of rotatable bonds is 2. The van der Waals surface area contributed by atoms with Crippen molar-refractivity contribution >= 4 is 34.7 Å². The molecule has 0 aliphatic carbocycles. The Bertz CT molecular complexity index is 276. The molecule has 6 nitrogen and oxygen atoms in total. The number of hydrogen-bond donors (Lipinski definition) is 3. The molecule has 0 aromatic carbocycles. The average Bonchev–Trinajstić information content (AvgIpc) is 2.19. The summed E-state index contributed by atoms with van der Waals surface area (Å²) < 4.78 is 0. The van der Waals surface area contributed by atoms with E-state index in [0.29, 0.717) is 11.0 Å². The Morgan fingerprint density at radius 3 is 2.44 bits per heavy atom. The largest absolute Gasteiger partial charge is 0.347 e. The van der Waals surface area contributed by atoms with Gasteiger partial charge in [-0.2, -0.15) is 0 Å². The smallest absolute Gasteiger partial charge is 0.204 e. The summed E-state index contributed by atoms with van der Waals surface area (Å²) in [5.41, 5.74) is 2.30. The Balaban J connectivity index is 2.34. The number of hydrogen-bond acceptors (Lipinski definition) is 5. The summed E-state index contributed by atoms with van der Waals surface area (Å²) in [6, 6.07) is 0. The molecule has 0 aromatic heterocycles. The molecule has 1 heterocycles. The third kappa shape index (κ3) is 3.22. The van der Waals surface area contributed by atoms with Crippen molar-refractivity contribution in [1.82, 2.24) is 20.2 Å². The molecule has 1 fully saturated rings. The number of nitrogens with two attached hydrogens (primary N) is 2. The fourth-order valence-electron chi connectivity index (χ4n) is 1.67. The minimum absolute atomic E-state index is 0.223. The van der Waals surface area contributed by atoms with Crippen LogP contribution in [0.2, 0.25) is 0 Å². The van der Waals surface area contributed by atoms with Gasteiger partial charge in [-0.05, 0) is 38.5 Å². The van der Waals surface area contributed by atoms with Crippen molar-refractivity contribution < 1.29 is 0 Å². The van der Waals surface area contributed by atoms with Crippen molar-refractivity contribution in [3.05, 3.63) is 0 Å². The zero-order valence-electron chi connectivity index (χ0n) is 9.51. The van der Waals surface area contributed by atoms with Gasteiger partial charge in [-0.3, -0.25) is 5.43 Å². The van der Waals surface area contributed by atoms with Crippen LogP contribution in [0.15, 0.2) is 0 Å². The van der Waals surface area contributed by atoms with Crippen molar-refractivity contribution in [2.45, 2.75) is 0 Å². The summed E-state index contributed by atoms with van der Waals surface area (Å²) in [6.07, 6.45) is 0. The lowest BCUT2D eigenvalue weighted by Crippen LogP contribution is -2.61. The zero-order valence-corrected chi connectivity index (χ0v) is 11.1. The summed E-state index contributed by atoms with van der Waals surface area (Å²) >= 11 is 10.1. The van der Waals surface area contributed by atoms with Gasteiger partial charge in [0.2, 0.25) is 5.11 Å². The maximum atomic E-state index is 5.68. The Hall–Kier alpha value is -0.540. The first kappa shape index (κ1) is 13.5. The van der Waals surface area contributed by atoms with Crippen LogP contribution in [-0.4, -0.2) is 58.8 Å². The molecule has 1 aliphatic heterocycles. The minimum Gasteiger partial charge on any atom is -0.347 e. The molecule has 1 saturated heterocycles. The van der Waals surface area contributed by atoms with Gasteiger partial charge in [0.15, 0.2) is 5.11 Å². The lowest BCUT2D eigenvalue weighted by atomic mass is 10.0. The normalized spacial score (nSPS) is 15.9. The van der Waals surface area contributed by atoms with Crippen LogP contribution >= 0.6 is 24.4 Å². The highest BCUT2D eigenvalue weighted by Crippen LogP contribution is 2.17. The van der Waals surface area contributed by atoms with Crippen molar-refractivity contribution in [3.63, 3.8) is 0 Å². The number of hydrazine groups is 2. The van der Waals surface area contributed by atoms with Crippen LogP contribution in [0.4, 0.5) is 0 Å². The second kappa shape index (κ2) is 5.69. The highest BCUT2D eigenvalue weighted by molar-refractivity contribution is 7.81. The van der Waals surface area contributed by atoms with E-state index in [1.807, 2.05) is 4.90 Å². The van der Waals surface area contributed by atoms with E-state index in [1.165, 1.54) is 5.01 Å². The molecule has 0 saturated carbocycles. The number of nitrogens with zero attached hydrogens (tertiary/aromatic N) is 3. The second-order valence-corrected chi connectivity index (χ2v) is 4.89. The van der Waals surface area contributed by atoms with Crippen LogP contribution < -0.4 is 17.1 Å². The molecular formula is C8H18N6S2. The first-order valence-electron chi connectivity index (χ1n) is 4.94. The fourth-order valence-corrected chi connectivity index (χ4v) is 2.05. The van der Waals surface area contributed by atoms with Crippen LogP contribution in [0.1, 0.15) is 0 Å². The number of nitrogens with one attached hydrogen (secondary N) is 1. The Morgan fingerprint density at radius 2 is 2.00 bits per heavy atom. The highest BCUT2D eigenvalue weighted by Gasteiger charge is 2.31. The van der Waals surface area contributed by atoms with Crippen LogP contribution in [0.3, 0.4) is 0 Å². The van der Waals surface area contributed by atoms with E-state index < -0.39 is 0 Å². The fraction of sp³-hybridized carbons (Fsp3) is 0.750. The molecule has 5 N–H and O–H groups in total. The highest BCUT2D eigenvalue weighted by atomic mass is 32.1. The molecule has 0 radical (unpaired) electrons. The van der Waals surface area contributed by atoms with E-state index in [4.69, 9.17) is 36.1 Å². The number of likely N-dealkylation sites (tertiary alicyclic amines) is 1. The van der Waals surface area contributed by atoms with Gasteiger partial charge in [0.1, 0.15) is 0 Å². The van der Waals surface area contributed by atoms with Gasteiger partial charge in [0, 0.05) is 25.6 Å². The molecule has 16 heavy (non-hydrogen) atoms. The topological polar surface area (TPSA) is 73.8 Å². The summed E-state index contributed by atoms with van der Waals surface area (Å²) in [4.78, 5) is 4.17. The van der Waals surface area contributed by atoms with Gasteiger partial charge in [-0.1, -0.05) is 0 Å². The van der Waals surface area contributed by atoms with Crippen molar-refractivity contribution in [2.75, 3.05) is 33.7 Å². The van der Waals surface area contributed by atoms with Gasteiger partial charge < -0.3 is 9.80 Å². The van der Waals surface area contributed by atoms with Gasteiger partial charge in [0.25, 0.3) is 0 Å². The van der Waals surface area contributed by atoms with Gasteiger partial charge >= 0.3 is 0 Å². The zero-order chi connectivity index (χ0) is 12.3. The average molecular weight is 262 g/mol. The van der Waals surface area contributed by atoms with Crippen LogP contribution in [0.25, 0.3) is 0 Å².